The quantitative estimate of drug-likeness (QED) is 0.147. The molecule has 0 atom stereocenters. The SMILES string of the molecule is CC(C)(N)c1cccc(N2C(=O)c3ccc(Oc4ccc(C(C)(C)c5ccc(Oc6ccc7c(c6)C(=O)N(C(C)(C)N)C7=O)cc5)cc4)cc3C2=O)c1. The fraction of sp³-hybridized carbons (Fsp3) is 0.209. The summed E-state index contributed by atoms with van der Waals surface area (Å²) in [5.74, 6) is 0.340. The Morgan fingerprint density at radius 1 is 0.472 bits per heavy atom. The zero-order valence-electron chi connectivity index (χ0n) is 30.4. The Balaban J connectivity index is 1.03. The molecule has 10 nitrogen and oxygen atoms in total. The summed E-state index contributed by atoms with van der Waals surface area (Å²) in [5, 5.41) is 0. The topological polar surface area (TPSA) is 145 Å². The number of benzene rings is 5. The lowest BCUT2D eigenvalue weighted by Gasteiger charge is -2.29. The summed E-state index contributed by atoms with van der Waals surface area (Å²) in [7, 11) is 0. The zero-order valence-corrected chi connectivity index (χ0v) is 30.4. The second-order valence-corrected chi connectivity index (χ2v) is 15.1. The number of nitrogens with two attached hydrogens (primary N) is 2. The van der Waals surface area contributed by atoms with E-state index in [-0.39, 0.29) is 16.5 Å². The van der Waals surface area contributed by atoms with Crippen LogP contribution in [0.2, 0.25) is 0 Å². The molecule has 268 valence electrons. The number of nitrogens with zero attached hydrogens (tertiary/aromatic N) is 2. The van der Waals surface area contributed by atoms with E-state index in [1.54, 1.807) is 68.4 Å². The highest BCUT2D eigenvalue weighted by molar-refractivity contribution is 6.34. The van der Waals surface area contributed by atoms with Crippen LogP contribution in [0.5, 0.6) is 23.0 Å². The predicted molar refractivity (Wildman–Crippen MR) is 202 cm³/mol. The minimum absolute atomic E-state index is 0.261. The first-order valence-corrected chi connectivity index (χ1v) is 17.2. The number of anilines is 1. The normalized spacial score (nSPS) is 14.5. The molecule has 5 aromatic carbocycles. The smallest absolute Gasteiger partial charge is 0.266 e. The maximum Gasteiger partial charge on any atom is 0.266 e. The van der Waals surface area contributed by atoms with Gasteiger partial charge in [-0.1, -0.05) is 50.2 Å². The predicted octanol–water partition coefficient (Wildman–Crippen LogP) is 7.88. The van der Waals surface area contributed by atoms with Gasteiger partial charge in [-0.2, -0.15) is 0 Å². The first kappa shape index (κ1) is 35.3. The minimum Gasteiger partial charge on any atom is -0.457 e. The van der Waals surface area contributed by atoms with Gasteiger partial charge in [-0.25, -0.2) is 4.90 Å². The third-order valence-electron chi connectivity index (χ3n) is 9.76. The molecular formula is C43H40N4O6. The first-order valence-electron chi connectivity index (χ1n) is 17.2. The lowest BCUT2D eigenvalue weighted by atomic mass is 9.78. The van der Waals surface area contributed by atoms with Gasteiger partial charge in [0.05, 0.1) is 33.6 Å². The zero-order chi connectivity index (χ0) is 38.0. The largest absolute Gasteiger partial charge is 0.457 e. The average molecular weight is 709 g/mol. The van der Waals surface area contributed by atoms with Crippen molar-refractivity contribution < 1.29 is 28.7 Å². The highest BCUT2D eigenvalue weighted by atomic mass is 16.5. The molecule has 0 radical (unpaired) electrons. The number of fused-ring (bicyclic) bond motifs is 2. The molecule has 0 aliphatic carbocycles. The van der Waals surface area contributed by atoms with Gasteiger partial charge in [0.2, 0.25) is 0 Å². The maximum atomic E-state index is 13.5. The van der Waals surface area contributed by atoms with Crippen molar-refractivity contribution in [2.45, 2.75) is 58.2 Å². The van der Waals surface area contributed by atoms with E-state index in [0.29, 0.717) is 39.8 Å². The molecule has 10 heteroatoms. The molecule has 0 saturated carbocycles. The number of amides is 4. The van der Waals surface area contributed by atoms with E-state index in [9.17, 15) is 19.2 Å². The van der Waals surface area contributed by atoms with Gasteiger partial charge >= 0.3 is 0 Å². The van der Waals surface area contributed by atoms with E-state index in [1.165, 1.54) is 4.90 Å². The number of hydrogen-bond acceptors (Lipinski definition) is 8. The second-order valence-electron chi connectivity index (χ2n) is 15.1. The van der Waals surface area contributed by atoms with Crippen LogP contribution in [-0.4, -0.2) is 34.2 Å². The molecule has 4 N–H and O–H groups in total. The number of ether oxygens (including phenoxy) is 2. The van der Waals surface area contributed by atoms with Crippen LogP contribution in [0, 0.1) is 0 Å². The Morgan fingerprint density at radius 3 is 1.40 bits per heavy atom. The Bertz CT molecular complexity index is 2320. The van der Waals surface area contributed by atoms with Crippen LogP contribution in [0.4, 0.5) is 5.69 Å². The average Bonchev–Trinajstić information content (AvgIpc) is 3.51. The van der Waals surface area contributed by atoms with Crippen molar-refractivity contribution in [3.8, 4) is 23.0 Å². The number of rotatable bonds is 9. The number of carbonyl (C=O) groups excluding carboxylic acids is 4. The van der Waals surface area contributed by atoms with Gasteiger partial charge in [-0.3, -0.25) is 24.1 Å². The van der Waals surface area contributed by atoms with Crippen molar-refractivity contribution in [2.75, 3.05) is 4.90 Å². The molecule has 0 aromatic heterocycles. The van der Waals surface area contributed by atoms with Crippen LogP contribution in [0.15, 0.2) is 109 Å². The standard InChI is InChI=1S/C43H40N4O6/c1-41(2,26-12-16-30(17-13-26)53-32-19-21-34-36(24-32)40(51)47(39(34)50)43(5,6)45)25-10-14-29(15-11-25)52-31-18-20-33-35(23-31)38(49)46(37(33)48)28-9-7-8-27(22-28)42(3,4)44/h7-24H,44-45H2,1-6H3. The van der Waals surface area contributed by atoms with E-state index in [0.717, 1.165) is 21.6 Å². The molecule has 0 unspecified atom stereocenters. The summed E-state index contributed by atoms with van der Waals surface area (Å²) < 4.78 is 12.2. The van der Waals surface area contributed by atoms with E-state index in [2.05, 4.69) is 13.8 Å². The van der Waals surface area contributed by atoms with Crippen LogP contribution >= 0.6 is 0 Å². The molecule has 2 aliphatic heterocycles. The van der Waals surface area contributed by atoms with Gasteiger partial charge in [0.1, 0.15) is 23.0 Å². The van der Waals surface area contributed by atoms with Crippen LogP contribution in [0.3, 0.4) is 0 Å². The van der Waals surface area contributed by atoms with E-state index in [4.69, 9.17) is 20.9 Å². The van der Waals surface area contributed by atoms with E-state index < -0.39 is 34.8 Å². The summed E-state index contributed by atoms with van der Waals surface area (Å²) in [6, 6.07) is 32.3. The molecular weight excluding hydrogens is 668 g/mol. The molecule has 4 amide bonds. The van der Waals surface area contributed by atoms with E-state index in [1.807, 2.05) is 68.4 Å². The summed E-state index contributed by atoms with van der Waals surface area (Å²) >= 11 is 0. The highest BCUT2D eigenvalue weighted by Crippen LogP contribution is 2.37. The molecule has 5 aromatic rings. The fourth-order valence-corrected chi connectivity index (χ4v) is 6.69. The Morgan fingerprint density at radius 2 is 0.906 bits per heavy atom. The second kappa shape index (κ2) is 12.5. The first-order chi connectivity index (χ1) is 24.9. The van der Waals surface area contributed by atoms with Crippen molar-refractivity contribution in [1.82, 2.24) is 4.90 Å². The minimum atomic E-state index is -1.13. The molecule has 0 spiro atoms. The van der Waals surface area contributed by atoms with Crippen molar-refractivity contribution in [2.24, 2.45) is 11.5 Å². The van der Waals surface area contributed by atoms with Crippen molar-refractivity contribution in [1.29, 1.82) is 0 Å². The summed E-state index contributed by atoms with van der Waals surface area (Å²) in [5.41, 5.74) is 14.7. The number of carbonyl (C=O) groups is 4. The molecule has 0 bridgehead atoms. The number of imide groups is 2. The fourth-order valence-electron chi connectivity index (χ4n) is 6.69. The summed E-state index contributed by atoms with van der Waals surface area (Å²) in [6.45, 7) is 11.2. The van der Waals surface area contributed by atoms with Crippen LogP contribution < -0.4 is 25.8 Å². The van der Waals surface area contributed by atoms with Gasteiger partial charge in [0, 0.05) is 11.0 Å². The van der Waals surface area contributed by atoms with Gasteiger partial charge in [0.25, 0.3) is 23.6 Å². The monoisotopic (exact) mass is 708 g/mol. The van der Waals surface area contributed by atoms with E-state index >= 15 is 0 Å². The molecule has 2 heterocycles. The Hall–Kier alpha value is -6.10. The lowest BCUT2D eigenvalue weighted by Crippen LogP contribution is -2.53. The van der Waals surface area contributed by atoms with Gasteiger partial charge in [-0.15, -0.1) is 0 Å². The van der Waals surface area contributed by atoms with Crippen LogP contribution in [-0.2, 0) is 11.0 Å². The highest BCUT2D eigenvalue weighted by Gasteiger charge is 2.42. The third-order valence-corrected chi connectivity index (χ3v) is 9.76. The molecule has 2 aliphatic rings. The maximum absolute atomic E-state index is 13.5. The summed E-state index contributed by atoms with van der Waals surface area (Å²) in [4.78, 5) is 54.7. The van der Waals surface area contributed by atoms with Crippen LogP contribution in [0.1, 0.15) is 99.7 Å². The van der Waals surface area contributed by atoms with Crippen LogP contribution in [0.25, 0.3) is 0 Å². The van der Waals surface area contributed by atoms with Gasteiger partial charge in [0.15, 0.2) is 0 Å². The van der Waals surface area contributed by atoms with Crippen molar-refractivity contribution in [3.05, 3.63) is 148 Å². The Kier molecular flexibility index (Phi) is 8.35. The molecule has 7 rings (SSSR count). The Labute approximate surface area is 307 Å². The number of hydrogen-bond donors (Lipinski definition) is 2. The molecule has 0 saturated heterocycles. The lowest BCUT2D eigenvalue weighted by molar-refractivity contribution is 0.0490. The molecule has 0 fully saturated rings. The molecule has 53 heavy (non-hydrogen) atoms. The van der Waals surface area contributed by atoms with Gasteiger partial charge < -0.3 is 20.9 Å². The van der Waals surface area contributed by atoms with Gasteiger partial charge in [-0.05, 0) is 117 Å². The summed E-state index contributed by atoms with van der Waals surface area (Å²) in [6.07, 6.45) is 0. The van der Waals surface area contributed by atoms with Crippen molar-refractivity contribution in [3.63, 3.8) is 0 Å². The third kappa shape index (κ3) is 6.36. The van der Waals surface area contributed by atoms with Crippen molar-refractivity contribution >= 4 is 29.3 Å².